The minimum atomic E-state index is -0.730. The van der Waals surface area contributed by atoms with E-state index in [2.05, 4.69) is 5.32 Å². The molecule has 0 aliphatic heterocycles. The molecule has 0 saturated heterocycles. The second-order valence-electron chi connectivity index (χ2n) is 3.94. The molecular formula is C11H12F2N2OS. The summed E-state index contributed by atoms with van der Waals surface area (Å²) in [7, 11) is 0. The smallest absolute Gasteiger partial charge is 0.230 e. The van der Waals surface area contributed by atoms with Gasteiger partial charge in [0.15, 0.2) is 0 Å². The van der Waals surface area contributed by atoms with Crippen LogP contribution in [0.1, 0.15) is 12.8 Å². The van der Waals surface area contributed by atoms with E-state index in [4.69, 9.17) is 5.73 Å². The van der Waals surface area contributed by atoms with Gasteiger partial charge in [-0.1, -0.05) is 0 Å². The zero-order chi connectivity index (χ0) is 12.4. The summed E-state index contributed by atoms with van der Waals surface area (Å²) in [4.78, 5) is 11.2. The Labute approximate surface area is 102 Å². The molecule has 1 saturated carbocycles. The maximum Gasteiger partial charge on any atom is 0.230 e. The molecule has 92 valence electrons. The quantitative estimate of drug-likeness (QED) is 0.641. The largest absolute Gasteiger partial charge is 0.399 e. The Kier molecular flexibility index (Phi) is 3.51. The summed E-state index contributed by atoms with van der Waals surface area (Å²) in [6, 6.07) is 2.35. The van der Waals surface area contributed by atoms with Crippen LogP contribution in [0.2, 0.25) is 0 Å². The first-order chi connectivity index (χ1) is 8.06. The van der Waals surface area contributed by atoms with Crippen molar-refractivity contribution in [2.75, 3.05) is 11.5 Å². The third kappa shape index (κ3) is 3.33. The number of nitrogens with one attached hydrogen (secondary N) is 1. The van der Waals surface area contributed by atoms with Crippen LogP contribution in [0, 0.1) is 11.6 Å². The van der Waals surface area contributed by atoms with Gasteiger partial charge in [-0.05, 0) is 25.0 Å². The molecule has 3 N–H and O–H groups in total. The van der Waals surface area contributed by atoms with Gasteiger partial charge in [0.1, 0.15) is 11.6 Å². The highest BCUT2D eigenvalue weighted by Crippen LogP contribution is 2.27. The molecule has 0 atom stereocenters. The monoisotopic (exact) mass is 258 g/mol. The predicted octanol–water partition coefficient (Wildman–Crippen LogP) is 1.92. The lowest BCUT2D eigenvalue weighted by molar-refractivity contribution is -0.118. The normalized spacial score (nSPS) is 14.7. The Morgan fingerprint density at radius 3 is 2.53 bits per heavy atom. The van der Waals surface area contributed by atoms with Gasteiger partial charge in [0.25, 0.3) is 0 Å². The van der Waals surface area contributed by atoms with Crippen LogP contribution < -0.4 is 11.1 Å². The maximum atomic E-state index is 13.4. The molecule has 3 nitrogen and oxygen atoms in total. The number of halogens is 2. The van der Waals surface area contributed by atoms with Crippen molar-refractivity contribution in [3.05, 3.63) is 23.8 Å². The number of carbonyl (C=O) groups is 1. The molecule has 1 fully saturated rings. The van der Waals surface area contributed by atoms with Crippen molar-refractivity contribution < 1.29 is 13.6 Å². The lowest BCUT2D eigenvalue weighted by atomic mass is 10.3. The number of rotatable bonds is 4. The van der Waals surface area contributed by atoms with Gasteiger partial charge in [0, 0.05) is 11.7 Å². The van der Waals surface area contributed by atoms with Crippen molar-refractivity contribution in [2.24, 2.45) is 0 Å². The van der Waals surface area contributed by atoms with Gasteiger partial charge in [0.05, 0.1) is 10.6 Å². The van der Waals surface area contributed by atoms with Crippen LogP contribution in [-0.4, -0.2) is 17.7 Å². The number of benzene rings is 1. The molecule has 1 amide bonds. The van der Waals surface area contributed by atoms with Crippen LogP contribution in [0.25, 0.3) is 0 Å². The second kappa shape index (κ2) is 4.91. The summed E-state index contributed by atoms with van der Waals surface area (Å²) in [5.41, 5.74) is 5.32. The van der Waals surface area contributed by atoms with E-state index in [1.165, 1.54) is 0 Å². The topological polar surface area (TPSA) is 55.1 Å². The van der Waals surface area contributed by atoms with Crippen molar-refractivity contribution in [2.45, 2.75) is 23.8 Å². The molecule has 0 bridgehead atoms. The average Bonchev–Trinajstić information content (AvgIpc) is 2.99. The fraction of sp³-hybridized carbons (Fsp3) is 0.364. The first kappa shape index (κ1) is 12.2. The van der Waals surface area contributed by atoms with Crippen molar-refractivity contribution in [1.82, 2.24) is 5.32 Å². The summed E-state index contributed by atoms with van der Waals surface area (Å²) in [6.07, 6.45) is 1.97. The van der Waals surface area contributed by atoms with Gasteiger partial charge in [-0.3, -0.25) is 4.79 Å². The van der Waals surface area contributed by atoms with E-state index in [0.29, 0.717) is 0 Å². The van der Waals surface area contributed by atoms with Crippen molar-refractivity contribution >= 4 is 23.4 Å². The first-order valence-corrected chi connectivity index (χ1v) is 6.21. The van der Waals surface area contributed by atoms with Crippen molar-refractivity contribution in [1.29, 1.82) is 0 Å². The Hall–Kier alpha value is -1.30. The van der Waals surface area contributed by atoms with Gasteiger partial charge in [-0.15, -0.1) is 11.8 Å². The molecule has 0 unspecified atom stereocenters. The number of amides is 1. The number of nitrogen functional groups attached to an aromatic ring is 1. The van der Waals surface area contributed by atoms with Gasteiger partial charge in [-0.25, -0.2) is 8.78 Å². The average molecular weight is 258 g/mol. The summed E-state index contributed by atoms with van der Waals surface area (Å²) in [5, 5.41) is 2.75. The highest BCUT2D eigenvalue weighted by Gasteiger charge is 2.23. The summed E-state index contributed by atoms with van der Waals surface area (Å²) in [6.45, 7) is 0. The SMILES string of the molecule is Nc1cc(F)c(SCC(=O)NC2CC2)c(F)c1. The molecule has 6 heteroatoms. The van der Waals surface area contributed by atoms with Gasteiger partial charge < -0.3 is 11.1 Å². The Morgan fingerprint density at radius 1 is 1.41 bits per heavy atom. The standard InChI is InChI=1S/C11H12F2N2OS/c12-8-3-6(14)4-9(13)11(8)17-5-10(16)15-7-1-2-7/h3-4,7H,1-2,5,14H2,(H,15,16). The lowest BCUT2D eigenvalue weighted by Crippen LogP contribution is -2.27. The van der Waals surface area contributed by atoms with Crippen LogP contribution in [0.5, 0.6) is 0 Å². The number of thioether (sulfide) groups is 1. The summed E-state index contributed by atoms with van der Waals surface area (Å²) >= 11 is 0.843. The van der Waals surface area contributed by atoms with Crippen LogP contribution in [0.4, 0.5) is 14.5 Å². The van der Waals surface area contributed by atoms with E-state index in [0.717, 1.165) is 36.7 Å². The molecule has 17 heavy (non-hydrogen) atoms. The molecule has 1 aliphatic carbocycles. The highest BCUT2D eigenvalue weighted by atomic mass is 32.2. The molecule has 1 aromatic rings. The van der Waals surface area contributed by atoms with Crippen molar-refractivity contribution in [3.8, 4) is 0 Å². The predicted molar refractivity (Wildman–Crippen MR) is 62.7 cm³/mol. The number of hydrogen-bond donors (Lipinski definition) is 2. The van der Waals surface area contributed by atoms with E-state index < -0.39 is 11.6 Å². The molecule has 0 heterocycles. The van der Waals surface area contributed by atoms with E-state index in [9.17, 15) is 13.6 Å². The van der Waals surface area contributed by atoms with Crippen LogP contribution in [0.3, 0.4) is 0 Å². The second-order valence-corrected chi connectivity index (χ2v) is 4.93. The fourth-order valence-corrected chi connectivity index (χ4v) is 2.10. The van der Waals surface area contributed by atoms with Crippen LogP contribution in [0.15, 0.2) is 17.0 Å². The van der Waals surface area contributed by atoms with Crippen molar-refractivity contribution in [3.63, 3.8) is 0 Å². The summed E-state index contributed by atoms with van der Waals surface area (Å²) in [5.74, 6) is -1.65. The Balaban J connectivity index is 1.95. The summed E-state index contributed by atoms with van der Waals surface area (Å²) < 4.78 is 26.7. The third-order valence-electron chi connectivity index (χ3n) is 2.31. The van der Waals surface area contributed by atoms with E-state index in [1.807, 2.05) is 0 Å². The maximum absolute atomic E-state index is 13.4. The molecule has 1 aliphatic rings. The zero-order valence-corrected chi connectivity index (χ0v) is 9.82. The Morgan fingerprint density at radius 2 is 2.00 bits per heavy atom. The molecule has 0 radical (unpaired) electrons. The van der Waals surface area contributed by atoms with E-state index in [1.54, 1.807) is 0 Å². The van der Waals surface area contributed by atoms with Gasteiger partial charge >= 0.3 is 0 Å². The lowest BCUT2D eigenvalue weighted by Gasteiger charge is -2.06. The van der Waals surface area contributed by atoms with E-state index >= 15 is 0 Å². The van der Waals surface area contributed by atoms with Gasteiger partial charge in [-0.2, -0.15) is 0 Å². The minimum Gasteiger partial charge on any atom is -0.399 e. The molecule has 0 aromatic heterocycles. The fourth-order valence-electron chi connectivity index (χ4n) is 1.35. The number of hydrogen-bond acceptors (Lipinski definition) is 3. The molecule has 2 rings (SSSR count). The van der Waals surface area contributed by atoms with Crippen LogP contribution >= 0.6 is 11.8 Å². The number of nitrogens with two attached hydrogens (primary N) is 1. The first-order valence-electron chi connectivity index (χ1n) is 5.23. The third-order valence-corrected chi connectivity index (χ3v) is 3.40. The molecule has 0 spiro atoms. The highest BCUT2D eigenvalue weighted by molar-refractivity contribution is 8.00. The van der Waals surface area contributed by atoms with Crippen LogP contribution in [-0.2, 0) is 4.79 Å². The Bertz CT molecular complexity index is 426. The number of anilines is 1. The number of carbonyl (C=O) groups excluding carboxylic acids is 1. The molecule has 1 aromatic carbocycles. The van der Waals surface area contributed by atoms with E-state index in [-0.39, 0.29) is 28.3 Å². The zero-order valence-electron chi connectivity index (χ0n) is 9.00. The van der Waals surface area contributed by atoms with Gasteiger partial charge in [0.2, 0.25) is 5.91 Å². The molecular weight excluding hydrogens is 246 g/mol. The minimum absolute atomic E-state index is 0.00819.